The van der Waals surface area contributed by atoms with Gasteiger partial charge in [-0.25, -0.2) is 0 Å². The van der Waals surface area contributed by atoms with Crippen LogP contribution < -0.4 is 5.32 Å². The first kappa shape index (κ1) is 13.1. The van der Waals surface area contributed by atoms with Crippen molar-refractivity contribution < 1.29 is 14.7 Å². The highest BCUT2D eigenvalue weighted by Crippen LogP contribution is 2.45. The van der Waals surface area contributed by atoms with Crippen molar-refractivity contribution in [3.8, 4) is 0 Å². The van der Waals surface area contributed by atoms with E-state index in [0.717, 1.165) is 10.0 Å². The minimum Gasteiger partial charge on any atom is -0.481 e. The van der Waals surface area contributed by atoms with E-state index in [1.54, 1.807) is 0 Å². The van der Waals surface area contributed by atoms with Crippen molar-refractivity contribution in [2.24, 2.45) is 5.41 Å². The Morgan fingerprint density at radius 3 is 2.56 bits per heavy atom. The quantitative estimate of drug-likeness (QED) is 0.873. The highest BCUT2D eigenvalue weighted by Gasteiger charge is 2.50. The Morgan fingerprint density at radius 2 is 2.00 bits per heavy atom. The third-order valence-electron chi connectivity index (χ3n) is 3.24. The fraction of sp³-hybridized carbons (Fsp3) is 0.385. The fourth-order valence-electron chi connectivity index (χ4n) is 1.76. The molecule has 0 radical (unpaired) electrons. The molecule has 0 atom stereocenters. The topological polar surface area (TPSA) is 66.4 Å². The molecule has 0 heterocycles. The van der Waals surface area contributed by atoms with Gasteiger partial charge in [-0.1, -0.05) is 34.1 Å². The van der Waals surface area contributed by atoms with Crippen LogP contribution in [-0.2, 0) is 16.0 Å². The zero-order chi connectivity index (χ0) is 13.2. The van der Waals surface area contributed by atoms with Crippen molar-refractivity contribution >= 4 is 27.8 Å². The van der Waals surface area contributed by atoms with E-state index in [1.807, 2.05) is 24.3 Å². The van der Waals surface area contributed by atoms with Gasteiger partial charge < -0.3 is 10.4 Å². The van der Waals surface area contributed by atoms with Gasteiger partial charge in [0.15, 0.2) is 0 Å². The number of amides is 1. The van der Waals surface area contributed by atoms with E-state index in [-0.39, 0.29) is 18.9 Å². The number of halogens is 1. The van der Waals surface area contributed by atoms with Gasteiger partial charge in [0.05, 0.1) is 11.8 Å². The maximum atomic E-state index is 11.7. The van der Waals surface area contributed by atoms with Crippen LogP contribution in [0.15, 0.2) is 28.7 Å². The molecule has 1 saturated carbocycles. The monoisotopic (exact) mass is 311 g/mol. The molecule has 4 nitrogen and oxygen atoms in total. The Bertz CT molecular complexity index is 483. The summed E-state index contributed by atoms with van der Waals surface area (Å²) in [7, 11) is 0. The standard InChI is InChI=1S/C13H14BrNO3/c14-10-4-2-1-3-9(10)7-11(16)15-8-13(5-6-13)12(17)18/h1-4H,5-8H2,(H,15,16)(H,17,18). The summed E-state index contributed by atoms with van der Waals surface area (Å²) in [6, 6.07) is 7.50. The molecule has 0 aliphatic heterocycles. The summed E-state index contributed by atoms with van der Waals surface area (Å²) in [4.78, 5) is 22.7. The number of carbonyl (C=O) groups is 2. The Hall–Kier alpha value is -1.36. The molecule has 5 heteroatoms. The van der Waals surface area contributed by atoms with Crippen molar-refractivity contribution in [1.29, 1.82) is 0 Å². The molecular formula is C13H14BrNO3. The van der Waals surface area contributed by atoms with Gasteiger partial charge in [-0.15, -0.1) is 0 Å². The molecule has 0 bridgehead atoms. The Kier molecular flexibility index (Phi) is 3.71. The lowest BCUT2D eigenvalue weighted by Crippen LogP contribution is -2.35. The van der Waals surface area contributed by atoms with E-state index in [1.165, 1.54) is 0 Å². The number of aliphatic carboxylic acids is 1. The van der Waals surface area contributed by atoms with Crippen molar-refractivity contribution in [3.63, 3.8) is 0 Å². The van der Waals surface area contributed by atoms with Crippen LogP contribution >= 0.6 is 15.9 Å². The summed E-state index contributed by atoms with van der Waals surface area (Å²) >= 11 is 3.38. The average Bonchev–Trinajstić information content (AvgIpc) is 3.11. The molecule has 1 aromatic rings. The predicted octanol–water partition coefficient (Wildman–Crippen LogP) is 1.97. The molecule has 1 aliphatic rings. The molecule has 2 N–H and O–H groups in total. The Labute approximate surface area is 114 Å². The van der Waals surface area contributed by atoms with E-state index < -0.39 is 11.4 Å². The van der Waals surface area contributed by atoms with E-state index >= 15 is 0 Å². The minimum atomic E-state index is -0.816. The zero-order valence-electron chi connectivity index (χ0n) is 9.78. The van der Waals surface area contributed by atoms with Crippen LogP contribution in [0.25, 0.3) is 0 Å². The lowest BCUT2D eigenvalue weighted by molar-refractivity contribution is -0.143. The van der Waals surface area contributed by atoms with Gasteiger partial charge in [0, 0.05) is 11.0 Å². The molecular weight excluding hydrogens is 298 g/mol. The van der Waals surface area contributed by atoms with Crippen LogP contribution in [0.1, 0.15) is 18.4 Å². The van der Waals surface area contributed by atoms with Crippen LogP contribution in [0.3, 0.4) is 0 Å². The van der Waals surface area contributed by atoms with E-state index in [0.29, 0.717) is 12.8 Å². The molecule has 0 aromatic heterocycles. The third-order valence-corrected chi connectivity index (χ3v) is 4.01. The number of carboxylic acid groups (broad SMARTS) is 1. The number of carbonyl (C=O) groups excluding carboxylic acids is 1. The van der Waals surface area contributed by atoms with Crippen LogP contribution in [-0.4, -0.2) is 23.5 Å². The summed E-state index contributed by atoms with van der Waals surface area (Å²) in [5, 5.41) is 11.7. The van der Waals surface area contributed by atoms with Crippen LogP contribution in [0.4, 0.5) is 0 Å². The summed E-state index contributed by atoms with van der Waals surface area (Å²) in [5.74, 6) is -0.960. The number of rotatable bonds is 5. The molecule has 96 valence electrons. The van der Waals surface area contributed by atoms with Crippen molar-refractivity contribution in [2.45, 2.75) is 19.3 Å². The van der Waals surface area contributed by atoms with Gasteiger partial charge in [0.25, 0.3) is 0 Å². The highest BCUT2D eigenvalue weighted by molar-refractivity contribution is 9.10. The summed E-state index contributed by atoms with van der Waals surface area (Å²) in [6.45, 7) is 0.228. The normalized spacial score (nSPS) is 16.1. The van der Waals surface area contributed by atoms with Gasteiger partial charge in [-0.3, -0.25) is 9.59 Å². The molecule has 18 heavy (non-hydrogen) atoms. The summed E-state index contributed by atoms with van der Waals surface area (Å²) in [5.41, 5.74) is 0.194. The van der Waals surface area contributed by atoms with Crippen molar-refractivity contribution in [1.82, 2.24) is 5.32 Å². The molecule has 1 aliphatic carbocycles. The van der Waals surface area contributed by atoms with Crippen LogP contribution in [0.5, 0.6) is 0 Å². The van der Waals surface area contributed by atoms with Gasteiger partial charge in [0.2, 0.25) is 5.91 Å². The van der Waals surface area contributed by atoms with Gasteiger partial charge in [-0.2, -0.15) is 0 Å². The highest BCUT2D eigenvalue weighted by atomic mass is 79.9. The lowest BCUT2D eigenvalue weighted by atomic mass is 10.1. The second-order valence-corrected chi connectivity index (χ2v) is 5.48. The van der Waals surface area contributed by atoms with Crippen molar-refractivity contribution in [3.05, 3.63) is 34.3 Å². The molecule has 0 unspecified atom stereocenters. The molecule has 0 saturated heterocycles. The smallest absolute Gasteiger partial charge is 0.311 e. The zero-order valence-corrected chi connectivity index (χ0v) is 11.4. The van der Waals surface area contributed by atoms with E-state index in [2.05, 4.69) is 21.2 Å². The number of hydrogen-bond donors (Lipinski definition) is 2. The molecule has 1 fully saturated rings. The Morgan fingerprint density at radius 1 is 1.33 bits per heavy atom. The second kappa shape index (κ2) is 5.10. The number of hydrogen-bond acceptors (Lipinski definition) is 2. The number of benzene rings is 1. The SMILES string of the molecule is O=C(Cc1ccccc1Br)NCC1(C(=O)O)CC1. The third kappa shape index (κ3) is 2.90. The number of carboxylic acids is 1. The van der Waals surface area contributed by atoms with Crippen LogP contribution in [0.2, 0.25) is 0 Å². The summed E-state index contributed by atoms with van der Waals surface area (Å²) in [6.07, 6.45) is 1.56. The van der Waals surface area contributed by atoms with Crippen molar-refractivity contribution in [2.75, 3.05) is 6.54 Å². The first-order valence-electron chi connectivity index (χ1n) is 5.77. The van der Waals surface area contributed by atoms with E-state index in [9.17, 15) is 9.59 Å². The van der Waals surface area contributed by atoms with E-state index in [4.69, 9.17) is 5.11 Å². The van der Waals surface area contributed by atoms with Gasteiger partial charge >= 0.3 is 5.97 Å². The molecule has 2 rings (SSSR count). The second-order valence-electron chi connectivity index (χ2n) is 4.63. The fourth-order valence-corrected chi connectivity index (χ4v) is 2.19. The van der Waals surface area contributed by atoms with Gasteiger partial charge in [0.1, 0.15) is 0 Å². The molecule has 1 amide bonds. The first-order valence-corrected chi connectivity index (χ1v) is 6.56. The predicted molar refractivity (Wildman–Crippen MR) is 70.2 cm³/mol. The molecule has 0 spiro atoms. The van der Waals surface area contributed by atoms with Crippen LogP contribution in [0, 0.1) is 5.41 Å². The molecule has 1 aromatic carbocycles. The maximum Gasteiger partial charge on any atom is 0.311 e. The summed E-state index contributed by atoms with van der Waals surface area (Å²) < 4.78 is 0.888. The minimum absolute atomic E-state index is 0.144. The number of nitrogens with one attached hydrogen (secondary N) is 1. The first-order chi connectivity index (χ1) is 8.53. The average molecular weight is 312 g/mol. The largest absolute Gasteiger partial charge is 0.481 e. The lowest BCUT2D eigenvalue weighted by Gasteiger charge is -2.11. The maximum absolute atomic E-state index is 11.7. The van der Waals surface area contributed by atoms with Gasteiger partial charge in [-0.05, 0) is 24.5 Å². The Balaban J connectivity index is 1.87.